The number of hydrogen-bond donors (Lipinski definition) is 5. The van der Waals surface area contributed by atoms with E-state index >= 15 is 0 Å². The van der Waals surface area contributed by atoms with Crippen molar-refractivity contribution < 1.29 is 54.6 Å². The Balaban J connectivity index is 2.83. The fourth-order valence-corrected chi connectivity index (χ4v) is 2.51. The minimum atomic E-state index is -1.50. The molecule has 0 saturated heterocycles. The van der Waals surface area contributed by atoms with Gasteiger partial charge in [-0.1, -0.05) is 0 Å². The highest BCUT2D eigenvalue weighted by Gasteiger charge is 2.49. The van der Waals surface area contributed by atoms with Gasteiger partial charge in [0.05, 0.1) is 29.1 Å². The molecule has 0 radical (unpaired) electrons. The molecule has 0 aromatic heterocycles. The molecule has 5 N–H and O–H groups in total. The molecule has 25 heavy (non-hydrogen) atoms. The van der Waals surface area contributed by atoms with Gasteiger partial charge in [-0.3, -0.25) is 20.8 Å². The van der Waals surface area contributed by atoms with Crippen molar-refractivity contribution in [2.24, 2.45) is 5.92 Å². The van der Waals surface area contributed by atoms with Gasteiger partial charge >= 0.3 is 6.16 Å². The lowest BCUT2D eigenvalue weighted by Crippen LogP contribution is -2.59. The zero-order valence-corrected chi connectivity index (χ0v) is 14.0. The quantitative estimate of drug-likeness (QED) is 0.278. The summed E-state index contributed by atoms with van der Waals surface area (Å²) < 4.78 is 14.9. The first-order valence-electron chi connectivity index (χ1n) is 7.39. The average Bonchev–Trinajstić information content (AvgIpc) is 2.48. The Bertz CT molecular complexity index is 409. The summed E-state index contributed by atoms with van der Waals surface area (Å²) in [6, 6.07) is 0. The van der Waals surface area contributed by atoms with Crippen molar-refractivity contribution in [3.05, 3.63) is 0 Å². The molecule has 5 atom stereocenters. The molecule has 1 saturated carbocycles. The Morgan fingerprint density at radius 3 is 2.16 bits per heavy atom. The van der Waals surface area contributed by atoms with Gasteiger partial charge < -0.3 is 19.3 Å². The molecular weight excluding hydrogens is 348 g/mol. The highest BCUT2D eigenvalue weighted by atomic mass is 17.1. The van der Waals surface area contributed by atoms with Crippen molar-refractivity contribution in [3.8, 4) is 0 Å². The van der Waals surface area contributed by atoms with Gasteiger partial charge in [0.25, 0.3) is 0 Å². The largest absolute Gasteiger partial charge is 0.508 e. The SMILES string of the molecule is CO[C@H]1C[C@H](COC(=O)OC(C)C)[C@@H](O)[C@H](ON(O)O)[C@H]1ON(O)O. The van der Waals surface area contributed by atoms with E-state index in [4.69, 9.17) is 35.0 Å². The van der Waals surface area contributed by atoms with Gasteiger partial charge in [-0.05, 0) is 20.3 Å². The summed E-state index contributed by atoms with van der Waals surface area (Å²) >= 11 is 0. The number of carbonyl (C=O) groups is 1. The molecule has 1 aliphatic carbocycles. The van der Waals surface area contributed by atoms with Crippen LogP contribution in [0.1, 0.15) is 20.3 Å². The molecule has 13 heteroatoms. The van der Waals surface area contributed by atoms with E-state index in [1.54, 1.807) is 13.8 Å². The maximum Gasteiger partial charge on any atom is 0.508 e. The van der Waals surface area contributed by atoms with E-state index in [-0.39, 0.29) is 19.1 Å². The molecule has 0 spiro atoms. The number of hydrogen-bond acceptors (Lipinski definition) is 13. The van der Waals surface area contributed by atoms with Crippen LogP contribution in [0.5, 0.6) is 0 Å². The molecule has 13 nitrogen and oxygen atoms in total. The maximum atomic E-state index is 11.4. The van der Waals surface area contributed by atoms with Gasteiger partial charge in [0.2, 0.25) is 0 Å². The molecule has 0 bridgehead atoms. The van der Waals surface area contributed by atoms with Gasteiger partial charge in [-0.2, -0.15) is 0 Å². The van der Waals surface area contributed by atoms with E-state index in [1.807, 2.05) is 0 Å². The Morgan fingerprint density at radius 1 is 1.12 bits per heavy atom. The summed E-state index contributed by atoms with van der Waals surface area (Å²) in [6.07, 6.45) is -6.38. The van der Waals surface area contributed by atoms with Crippen LogP contribution in [0.25, 0.3) is 0 Å². The molecule has 0 aliphatic heterocycles. The Hall–Kier alpha value is -1.13. The second-order valence-corrected chi connectivity index (χ2v) is 5.63. The predicted molar refractivity (Wildman–Crippen MR) is 73.0 cm³/mol. The molecule has 148 valence electrons. The van der Waals surface area contributed by atoms with Crippen LogP contribution in [0.3, 0.4) is 0 Å². The third kappa shape index (κ3) is 6.95. The number of rotatable bonds is 8. The highest BCUT2D eigenvalue weighted by molar-refractivity contribution is 5.60. The van der Waals surface area contributed by atoms with Gasteiger partial charge in [-0.15, -0.1) is 0 Å². The van der Waals surface area contributed by atoms with E-state index in [0.29, 0.717) is 0 Å². The van der Waals surface area contributed by atoms with Crippen LogP contribution in [-0.2, 0) is 23.9 Å². The standard InChI is InChI=1S/C12H24N2O11/c1-6(2)23-12(16)22-5-7-4-8(21-3)10(24-13(17)18)11(9(7)15)25-14(19)20/h6-11,15,17-20H,4-5H2,1-3H3/t7-,8+,9-,10+,11+/m1/s1. The van der Waals surface area contributed by atoms with Crippen molar-refractivity contribution in [1.29, 1.82) is 0 Å². The molecule has 1 rings (SSSR count). The first-order chi connectivity index (χ1) is 11.6. The molecule has 0 unspecified atom stereocenters. The highest BCUT2D eigenvalue weighted by Crippen LogP contribution is 2.32. The molecule has 1 fully saturated rings. The molecule has 0 heterocycles. The van der Waals surface area contributed by atoms with Gasteiger partial charge in [0, 0.05) is 13.0 Å². The Morgan fingerprint density at radius 2 is 1.68 bits per heavy atom. The fourth-order valence-electron chi connectivity index (χ4n) is 2.51. The van der Waals surface area contributed by atoms with Crippen molar-refractivity contribution in [2.45, 2.75) is 50.8 Å². The minimum Gasteiger partial charge on any atom is -0.434 e. The smallest absolute Gasteiger partial charge is 0.434 e. The van der Waals surface area contributed by atoms with Crippen LogP contribution in [0.4, 0.5) is 4.79 Å². The predicted octanol–water partition coefficient (Wildman–Crippen LogP) is -0.295. The minimum absolute atomic E-state index is 0.0713. The zero-order chi connectivity index (χ0) is 19.1. The third-order valence-corrected chi connectivity index (χ3v) is 3.53. The number of aliphatic hydroxyl groups excluding tert-OH is 1. The zero-order valence-electron chi connectivity index (χ0n) is 14.0. The monoisotopic (exact) mass is 372 g/mol. The summed E-state index contributed by atoms with van der Waals surface area (Å²) in [5.41, 5.74) is 0. The van der Waals surface area contributed by atoms with E-state index < -0.39 is 47.3 Å². The van der Waals surface area contributed by atoms with E-state index in [9.17, 15) is 9.90 Å². The van der Waals surface area contributed by atoms with E-state index in [0.717, 1.165) is 0 Å². The summed E-state index contributed by atoms with van der Waals surface area (Å²) in [7, 11) is 1.29. The number of methoxy groups -OCH3 is 1. The summed E-state index contributed by atoms with van der Waals surface area (Å²) in [5, 5.41) is 44.4. The Labute approximate surface area is 143 Å². The number of nitrogens with zero attached hydrogens (tertiary/aromatic N) is 2. The average molecular weight is 372 g/mol. The normalized spacial score (nSPS) is 30.1. The van der Waals surface area contributed by atoms with Gasteiger partial charge in [-0.25, -0.2) is 14.5 Å². The molecule has 0 aromatic carbocycles. The van der Waals surface area contributed by atoms with Crippen LogP contribution in [0.15, 0.2) is 0 Å². The van der Waals surface area contributed by atoms with Crippen molar-refractivity contribution in [3.63, 3.8) is 0 Å². The first kappa shape index (κ1) is 21.9. The van der Waals surface area contributed by atoms with Crippen molar-refractivity contribution >= 4 is 6.16 Å². The lowest BCUT2D eigenvalue weighted by Gasteiger charge is -2.42. The summed E-state index contributed by atoms with van der Waals surface area (Å²) in [5.74, 6) is -0.750. The summed E-state index contributed by atoms with van der Waals surface area (Å²) in [6.45, 7) is 2.99. The topological polar surface area (TPSA) is 171 Å². The van der Waals surface area contributed by atoms with Crippen LogP contribution in [0.2, 0.25) is 0 Å². The van der Waals surface area contributed by atoms with Gasteiger partial charge in [0.15, 0.2) is 0 Å². The van der Waals surface area contributed by atoms with Crippen LogP contribution in [-0.4, -0.2) is 87.1 Å². The summed E-state index contributed by atoms with van der Waals surface area (Å²) in [4.78, 5) is 20.7. The second kappa shape index (κ2) is 10.1. The van der Waals surface area contributed by atoms with Crippen LogP contribution < -0.4 is 0 Å². The lowest BCUT2D eigenvalue weighted by atomic mass is 9.81. The molecule has 1 aliphatic rings. The fraction of sp³-hybridized carbons (Fsp3) is 0.917. The molecular formula is C12H24N2O11. The lowest BCUT2D eigenvalue weighted by molar-refractivity contribution is -0.549. The number of ether oxygens (including phenoxy) is 3. The van der Waals surface area contributed by atoms with Crippen molar-refractivity contribution in [1.82, 2.24) is 10.8 Å². The number of carbonyl (C=O) groups excluding carboxylic acids is 1. The number of aliphatic hydroxyl groups is 1. The third-order valence-electron chi connectivity index (χ3n) is 3.53. The van der Waals surface area contributed by atoms with Crippen LogP contribution >= 0.6 is 0 Å². The molecule has 0 aromatic rings. The van der Waals surface area contributed by atoms with E-state index in [2.05, 4.69) is 9.68 Å². The second-order valence-electron chi connectivity index (χ2n) is 5.63. The molecule has 0 amide bonds. The van der Waals surface area contributed by atoms with Crippen molar-refractivity contribution in [2.75, 3.05) is 13.7 Å². The van der Waals surface area contributed by atoms with Gasteiger partial charge in [0.1, 0.15) is 18.8 Å². The first-order valence-corrected chi connectivity index (χ1v) is 7.39. The van der Waals surface area contributed by atoms with Crippen LogP contribution in [0, 0.1) is 5.92 Å². The Kier molecular flexibility index (Phi) is 8.87. The van der Waals surface area contributed by atoms with E-state index in [1.165, 1.54) is 7.11 Å². The maximum absolute atomic E-state index is 11.4.